The molecular weight excluding hydrogens is 217 g/mol. The van der Waals surface area contributed by atoms with E-state index in [1.807, 2.05) is 6.07 Å². The second-order valence-electron chi connectivity index (χ2n) is 4.42. The highest BCUT2D eigenvalue weighted by Crippen LogP contribution is 2.18. The molecular formula is C14H18FNO. The number of nitrogens with one attached hydrogen (secondary N) is 1. The van der Waals surface area contributed by atoms with Crippen molar-refractivity contribution in [2.75, 3.05) is 6.61 Å². The first-order chi connectivity index (χ1) is 8.29. The van der Waals surface area contributed by atoms with Crippen molar-refractivity contribution in [3.63, 3.8) is 0 Å². The molecule has 0 bridgehead atoms. The SMILES string of the molecule is OC[C@H](N[C@@H]1C=CCCC1)c1cccc(F)c1. The molecule has 0 radical (unpaired) electrons. The molecule has 2 nitrogen and oxygen atoms in total. The Labute approximate surface area is 101 Å². The van der Waals surface area contributed by atoms with Gasteiger partial charge in [-0.1, -0.05) is 24.3 Å². The Morgan fingerprint density at radius 1 is 1.47 bits per heavy atom. The van der Waals surface area contributed by atoms with Crippen molar-refractivity contribution >= 4 is 0 Å². The molecule has 0 heterocycles. The first-order valence-corrected chi connectivity index (χ1v) is 6.08. The smallest absolute Gasteiger partial charge is 0.123 e. The van der Waals surface area contributed by atoms with E-state index in [4.69, 9.17) is 0 Å². The zero-order valence-corrected chi connectivity index (χ0v) is 9.77. The van der Waals surface area contributed by atoms with Gasteiger partial charge in [0.2, 0.25) is 0 Å². The van der Waals surface area contributed by atoms with E-state index in [2.05, 4.69) is 17.5 Å². The molecule has 2 atom stereocenters. The number of allylic oxidation sites excluding steroid dienone is 1. The van der Waals surface area contributed by atoms with E-state index in [0.717, 1.165) is 24.8 Å². The monoisotopic (exact) mass is 235 g/mol. The fraction of sp³-hybridized carbons (Fsp3) is 0.429. The van der Waals surface area contributed by atoms with Crippen LogP contribution in [0.15, 0.2) is 36.4 Å². The summed E-state index contributed by atoms with van der Waals surface area (Å²) < 4.78 is 13.1. The van der Waals surface area contributed by atoms with E-state index in [1.54, 1.807) is 6.07 Å². The maximum absolute atomic E-state index is 13.1. The fourth-order valence-corrected chi connectivity index (χ4v) is 2.19. The minimum Gasteiger partial charge on any atom is -0.394 e. The first kappa shape index (κ1) is 12.3. The van der Waals surface area contributed by atoms with E-state index >= 15 is 0 Å². The van der Waals surface area contributed by atoms with Crippen molar-refractivity contribution in [2.45, 2.75) is 31.3 Å². The third-order valence-electron chi connectivity index (χ3n) is 3.10. The molecule has 0 spiro atoms. The quantitative estimate of drug-likeness (QED) is 0.786. The number of aliphatic hydroxyl groups is 1. The van der Waals surface area contributed by atoms with Crippen molar-refractivity contribution in [3.05, 3.63) is 47.8 Å². The van der Waals surface area contributed by atoms with Gasteiger partial charge in [-0.15, -0.1) is 0 Å². The van der Waals surface area contributed by atoms with Crippen LogP contribution in [0.3, 0.4) is 0 Å². The number of aliphatic hydroxyl groups excluding tert-OH is 1. The van der Waals surface area contributed by atoms with Gasteiger partial charge in [-0.3, -0.25) is 0 Å². The zero-order valence-electron chi connectivity index (χ0n) is 9.77. The Balaban J connectivity index is 2.05. The Hall–Kier alpha value is -1.19. The highest BCUT2D eigenvalue weighted by molar-refractivity contribution is 5.21. The van der Waals surface area contributed by atoms with Crippen LogP contribution in [0, 0.1) is 5.82 Å². The van der Waals surface area contributed by atoms with Gasteiger partial charge < -0.3 is 10.4 Å². The van der Waals surface area contributed by atoms with Crippen molar-refractivity contribution in [3.8, 4) is 0 Å². The van der Waals surface area contributed by atoms with E-state index in [0.29, 0.717) is 0 Å². The Kier molecular flexibility index (Phi) is 4.29. The van der Waals surface area contributed by atoms with Crippen LogP contribution < -0.4 is 5.32 Å². The van der Waals surface area contributed by atoms with Crippen LogP contribution in [0.2, 0.25) is 0 Å². The van der Waals surface area contributed by atoms with Crippen LogP contribution in [0.4, 0.5) is 4.39 Å². The highest BCUT2D eigenvalue weighted by Gasteiger charge is 2.16. The molecule has 0 saturated heterocycles. The number of halogens is 1. The van der Waals surface area contributed by atoms with Gasteiger partial charge in [0.25, 0.3) is 0 Å². The topological polar surface area (TPSA) is 32.3 Å². The van der Waals surface area contributed by atoms with Crippen molar-refractivity contribution in [1.82, 2.24) is 5.32 Å². The molecule has 17 heavy (non-hydrogen) atoms. The van der Waals surface area contributed by atoms with Crippen LogP contribution in [-0.4, -0.2) is 17.8 Å². The normalized spacial score (nSPS) is 21.4. The van der Waals surface area contributed by atoms with E-state index < -0.39 is 0 Å². The van der Waals surface area contributed by atoms with Gasteiger partial charge in [0.1, 0.15) is 5.82 Å². The largest absolute Gasteiger partial charge is 0.394 e. The maximum Gasteiger partial charge on any atom is 0.123 e. The summed E-state index contributed by atoms with van der Waals surface area (Å²) in [5.41, 5.74) is 0.798. The summed E-state index contributed by atoms with van der Waals surface area (Å²) in [5.74, 6) is -0.262. The Morgan fingerprint density at radius 2 is 2.35 bits per heavy atom. The third kappa shape index (κ3) is 3.38. The lowest BCUT2D eigenvalue weighted by molar-refractivity contribution is 0.235. The van der Waals surface area contributed by atoms with Gasteiger partial charge in [0, 0.05) is 6.04 Å². The molecule has 2 rings (SSSR count). The molecule has 0 fully saturated rings. The second-order valence-corrected chi connectivity index (χ2v) is 4.42. The fourth-order valence-electron chi connectivity index (χ4n) is 2.19. The van der Waals surface area contributed by atoms with E-state index in [-0.39, 0.29) is 24.5 Å². The standard InChI is InChI=1S/C14H18FNO/c15-12-6-4-5-11(9-12)14(10-17)16-13-7-2-1-3-8-13/h2,4-7,9,13-14,16-17H,1,3,8,10H2/t13-,14+/m1/s1. The van der Waals surface area contributed by atoms with Crippen LogP contribution in [-0.2, 0) is 0 Å². The molecule has 0 unspecified atom stereocenters. The lowest BCUT2D eigenvalue weighted by atomic mass is 10.00. The number of benzene rings is 1. The molecule has 1 aromatic carbocycles. The zero-order chi connectivity index (χ0) is 12.1. The summed E-state index contributed by atoms with van der Waals surface area (Å²) >= 11 is 0. The summed E-state index contributed by atoms with van der Waals surface area (Å²) in [6.07, 6.45) is 7.65. The summed E-state index contributed by atoms with van der Waals surface area (Å²) in [4.78, 5) is 0. The molecule has 3 heteroatoms. The lowest BCUT2D eigenvalue weighted by Crippen LogP contribution is -2.34. The minimum absolute atomic E-state index is 0.0200. The minimum atomic E-state index is -0.262. The van der Waals surface area contributed by atoms with Crippen LogP contribution >= 0.6 is 0 Å². The predicted molar refractivity (Wildman–Crippen MR) is 66.1 cm³/mol. The van der Waals surface area contributed by atoms with Crippen LogP contribution in [0.25, 0.3) is 0 Å². The van der Waals surface area contributed by atoms with Gasteiger partial charge in [0.05, 0.1) is 12.6 Å². The summed E-state index contributed by atoms with van der Waals surface area (Å²) in [6.45, 7) is -0.0200. The number of hydrogen-bond donors (Lipinski definition) is 2. The molecule has 1 aliphatic carbocycles. The summed E-state index contributed by atoms with van der Waals surface area (Å²) in [5, 5.41) is 12.7. The predicted octanol–water partition coefficient (Wildman–Crippen LogP) is 2.56. The molecule has 0 saturated carbocycles. The Bertz CT molecular complexity index is 392. The van der Waals surface area contributed by atoms with Crippen LogP contribution in [0.1, 0.15) is 30.9 Å². The van der Waals surface area contributed by atoms with E-state index in [9.17, 15) is 9.50 Å². The van der Waals surface area contributed by atoms with Gasteiger partial charge in [0.15, 0.2) is 0 Å². The molecule has 0 amide bonds. The van der Waals surface area contributed by atoms with Gasteiger partial charge in [-0.2, -0.15) is 0 Å². The van der Waals surface area contributed by atoms with Gasteiger partial charge in [-0.05, 0) is 37.0 Å². The molecule has 92 valence electrons. The van der Waals surface area contributed by atoms with Gasteiger partial charge in [-0.25, -0.2) is 4.39 Å². The van der Waals surface area contributed by atoms with Gasteiger partial charge >= 0.3 is 0 Å². The number of hydrogen-bond acceptors (Lipinski definition) is 2. The van der Waals surface area contributed by atoms with Crippen molar-refractivity contribution in [1.29, 1.82) is 0 Å². The maximum atomic E-state index is 13.1. The molecule has 1 aromatic rings. The highest BCUT2D eigenvalue weighted by atomic mass is 19.1. The molecule has 0 aliphatic heterocycles. The third-order valence-corrected chi connectivity index (χ3v) is 3.10. The Morgan fingerprint density at radius 3 is 3.00 bits per heavy atom. The van der Waals surface area contributed by atoms with Crippen molar-refractivity contribution < 1.29 is 9.50 Å². The average molecular weight is 235 g/mol. The summed E-state index contributed by atoms with van der Waals surface area (Å²) in [7, 11) is 0. The molecule has 0 aromatic heterocycles. The first-order valence-electron chi connectivity index (χ1n) is 6.08. The van der Waals surface area contributed by atoms with Crippen LogP contribution in [0.5, 0.6) is 0 Å². The molecule has 1 aliphatic rings. The lowest BCUT2D eigenvalue weighted by Gasteiger charge is -2.24. The second kappa shape index (κ2) is 5.94. The van der Waals surface area contributed by atoms with E-state index in [1.165, 1.54) is 12.1 Å². The number of rotatable bonds is 4. The average Bonchev–Trinajstić information content (AvgIpc) is 2.37. The molecule has 2 N–H and O–H groups in total. The summed E-state index contributed by atoms with van der Waals surface area (Å²) in [6, 6.07) is 6.48. The van der Waals surface area contributed by atoms with Crippen molar-refractivity contribution in [2.24, 2.45) is 0 Å².